The van der Waals surface area contributed by atoms with Gasteiger partial charge in [-0.15, -0.1) is 0 Å². The molecule has 9 nitrogen and oxygen atoms in total. The Kier molecular flexibility index (Phi) is 8.07. The molecule has 0 unspecified atom stereocenters. The largest absolute Gasteiger partial charge is 0.494 e. The molecule has 1 aliphatic heterocycles. The van der Waals surface area contributed by atoms with Crippen molar-refractivity contribution in [3.05, 3.63) is 83.4 Å². The van der Waals surface area contributed by atoms with Gasteiger partial charge in [0, 0.05) is 35.5 Å². The van der Waals surface area contributed by atoms with Gasteiger partial charge < -0.3 is 30.7 Å². The second-order valence-corrected chi connectivity index (χ2v) is 9.74. The maximum absolute atomic E-state index is 13.4. The van der Waals surface area contributed by atoms with Crippen molar-refractivity contribution in [3.63, 3.8) is 0 Å². The first-order valence-corrected chi connectivity index (χ1v) is 13.2. The fourth-order valence-corrected chi connectivity index (χ4v) is 4.39. The molecule has 3 aromatic rings. The number of hydrogen-bond acceptors (Lipinski definition) is 6. The van der Waals surface area contributed by atoms with Crippen LogP contribution in [-0.2, 0) is 11.3 Å². The summed E-state index contributed by atoms with van der Waals surface area (Å²) in [6, 6.07) is 19.9. The van der Waals surface area contributed by atoms with Crippen molar-refractivity contribution in [3.8, 4) is 11.5 Å². The van der Waals surface area contributed by atoms with Crippen molar-refractivity contribution in [2.75, 3.05) is 30.4 Å². The van der Waals surface area contributed by atoms with Crippen LogP contribution in [0.25, 0.3) is 0 Å². The topological polar surface area (TPSA) is 123 Å². The lowest BCUT2D eigenvalue weighted by atomic mass is 10.1. The van der Waals surface area contributed by atoms with E-state index in [0.717, 1.165) is 31.2 Å². The SMILES string of the molecule is NCCCCOc1cccc(NC(=O)c2ccc(CN(C(=O)c3ccc4c(c3)OCC(=O)N4)C3CC3)cc2)c1. The summed E-state index contributed by atoms with van der Waals surface area (Å²) in [6.45, 7) is 1.59. The van der Waals surface area contributed by atoms with Crippen molar-refractivity contribution in [2.45, 2.75) is 38.3 Å². The van der Waals surface area contributed by atoms with Gasteiger partial charge in [0.25, 0.3) is 17.7 Å². The van der Waals surface area contributed by atoms with Crippen LogP contribution in [0.5, 0.6) is 11.5 Å². The maximum Gasteiger partial charge on any atom is 0.262 e. The Balaban J connectivity index is 1.21. The summed E-state index contributed by atoms with van der Waals surface area (Å²) in [4.78, 5) is 39.6. The maximum atomic E-state index is 13.4. The first-order valence-electron chi connectivity index (χ1n) is 13.2. The van der Waals surface area contributed by atoms with Gasteiger partial charge in [-0.3, -0.25) is 14.4 Å². The lowest BCUT2D eigenvalue weighted by Gasteiger charge is -2.24. The van der Waals surface area contributed by atoms with Crippen molar-refractivity contribution < 1.29 is 23.9 Å². The predicted molar refractivity (Wildman–Crippen MR) is 148 cm³/mol. The van der Waals surface area contributed by atoms with Crippen LogP contribution in [0.15, 0.2) is 66.7 Å². The van der Waals surface area contributed by atoms with Crippen molar-refractivity contribution >= 4 is 29.1 Å². The lowest BCUT2D eigenvalue weighted by Crippen LogP contribution is -2.33. The average Bonchev–Trinajstić information content (AvgIpc) is 3.79. The number of nitrogens with two attached hydrogens (primary N) is 1. The minimum Gasteiger partial charge on any atom is -0.494 e. The molecule has 5 rings (SSSR count). The fraction of sp³-hybridized carbons (Fsp3) is 0.300. The van der Waals surface area contributed by atoms with Crippen molar-refractivity contribution in [1.29, 1.82) is 0 Å². The Labute approximate surface area is 227 Å². The zero-order valence-corrected chi connectivity index (χ0v) is 21.7. The number of hydrogen-bond donors (Lipinski definition) is 3. The molecule has 1 heterocycles. The Morgan fingerprint density at radius 2 is 1.82 bits per heavy atom. The number of fused-ring (bicyclic) bond motifs is 1. The molecule has 1 aliphatic carbocycles. The summed E-state index contributed by atoms with van der Waals surface area (Å²) in [5.41, 5.74) is 8.70. The van der Waals surface area contributed by atoms with E-state index in [1.54, 1.807) is 36.4 Å². The molecular weight excluding hydrogens is 496 g/mol. The van der Waals surface area contributed by atoms with Gasteiger partial charge in [0.2, 0.25) is 0 Å². The number of nitrogens with zero attached hydrogens (tertiary/aromatic N) is 1. The van der Waals surface area contributed by atoms with Gasteiger partial charge in [-0.1, -0.05) is 18.2 Å². The number of carbonyl (C=O) groups is 3. The van der Waals surface area contributed by atoms with Crippen molar-refractivity contribution in [1.82, 2.24) is 4.90 Å². The number of benzene rings is 3. The quantitative estimate of drug-likeness (QED) is 0.321. The lowest BCUT2D eigenvalue weighted by molar-refractivity contribution is -0.118. The molecule has 0 radical (unpaired) electrons. The van der Waals surface area contributed by atoms with E-state index in [-0.39, 0.29) is 30.4 Å². The highest BCUT2D eigenvalue weighted by atomic mass is 16.5. The number of rotatable bonds is 11. The molecule has 0 aromatic heterocycles. The molecule has 1 saturated carbocycles. The van der Waals surface area contributed by atoms with Gasteiger partial charge in [0.1, 0.15) is 11.5 Å². The first-order chi connectivity index (χ1) is 19.0. The third-order valence-corrected chi connectivity index (χ3v) is 6.64. The predicted octanol–water partition coefficient (Wildman–Crippen LogP) is 4.19. The fourth-order valence-electron chi connectivity index (χ4n) is 4.39. The van der Waals surface area contributed by atoms with Gasteiger partial charge in [-0.25, -0.2) is 0 Å². The minimum absolute atomic E-state index is 0.0641. The van der Waals surface area contributed by atoms with E-state index in [2.05, 4.69) is 10.6 Å². The van der Waals surface area contributed by atoms with Gasteiger partial charge in [-0.05, 0) is 80.3 Å². The van der Waals surface area contributed by atoms with E-state index in [4.69, 9.17) is 15.2 Å². The summed E-state index contributed by atoms with van der Waals surface area (Å²) < 4.78 is 11.2. The van der Waals surface area contributed by atoms with E-state index in [1.807, 2.05) is 35.2 Å². The number of ether oxygens (including phenoxy) is 2. The molecule has 0 saturated heterocycles. The van der Waals surface area contributed by atoms with Crippen LogP contribution in [0.2, 0.25) is 0 Å². The summed E-state index contributed by atoms with van der Waals surface area (Å²) in [5.74, 6) is 0.663. The van der Waals surface area contributed by atoms with Gasteiger partial charge >= 0.3 is 0 Å². The molecule has 202 valence electrons. The van der Waals surface area contributed by atoms with E-state index < -0.39 is 0 Å². The number of carbonyl (C=O) groups excluding carboxylic acids is 3. The summed E-state index contributed by atoms with van der Waals surface area (Å²) in [5, 5.41) is 5.66. The van der Waals surface area contributed by atoms with Crippen LogP contribution < -0.4 is 25.8 Å². The molecule has 9 heteroatoms. The molecular formula is C30H32N4O5. The summed E-state index contributed by atoms with van der Waals surface area (Å²) in [6.07, 6.45) is 3.70. The molecule has 3 aromatic carbocycles. The Morgan fingerprint density at radius 1 is 1.03 bits per heavy atom. The molecule has 2 aliphatic rings. The van der Waals surface area contributed by atoms with Crippen LogP contribution in [0, 0.1) is 0 Å². The van der Waals surface area contributed by atoms with Crippen LogP contribution in [0.3, 0.4) is 0 Å². The summed E-state index contributed by atoms with van der Waals surface area (Å²) in [7, 11) is 0. The second kappa shape index (κ2) is 12.0. The second-order valence-electron chi connectivity index (χ2n) is 9.74. The van der Waals surface area contributed by atoms with Gasteiger partial charge in [0.05, 0.1) is 12.3 Å². The first kappa shape index (κ1) is 26.2. The van der Waals surface area contributed by atoms with E-state index >= 15 is 0 Å². The number of nitrogens with one attached hydrogen (secondary N) is 2. The normalized spacial score (nSPS) is 14.0. The van der Waals surface area contributed by atoms with E-state index in [9.17, 15) is 14.4 Å². The van der Waals surface area contributed by atoms with Crippen molar-refractivity contribution in [2.24, 2.45) is 5.73 Å². The highest BCUT2D eigenvalue weighted by Crippen LogP contribution is 2.33. The smallest absolute Gasteiger partial charge is 0.262 e. The Bertz CT molecular complexity index is 1350. The molecule has 0 atom stereocenters. The molecule has 1 fully saturated rings. The molecule has 3 amide bonds. The number of unbranched alkanes of at least 4 members (excludes halogenated alkanes) is 1. The third kappa shape index (κ3) is 6.74. The zero-order valence-electron chi connectivity index (χ0n) is 21.7. The monoisotopic (exact) mass is 528 g/mol. The van der Waals surface area contributed by atoms with Crippen LogP contribution in [-0.4, -0.2) is 48.4 Å². The van der Waals surface area contributed by atoms with Crippen LogP contribution in [0.1, 0.15) is 52.0 Å². The standard InChI is InChI=1S/C30H32N4O5/c31-14-1-2-15-38-25-5-3-4-23(17-25)32-29(36)21-8-6-20(7-9-21)18-34(24-11-12-24)30(37)22-10-13-26-27(16-22)39-19-28(35)33-26/h3-10,13,16-17,24H,1-2,11-12,14-15,18-19,31H2,(H,32,36)(H,33,35). The number of amides is 3. The Hall–Kier alpha value is -4.37. The average molecular weight is 529 g/mol. The zero-order chi connectivity index (χ0) is 27.2. The molecule has 0 bridgehead atoms. The highest BCUT2D eigenvalue weighted by Gasteiger charge is 2.33. The van der Waals surface area contributed by atoms with Crippen LogP contribution in [0.4, 0.5) is 11.4 Å². The van der Waals surface area contributed by atoms with E-state index in [0.29, 0.717) is 53.7 Å². The Morgan fingerprint density at radius 3 is 2.59 bits per heavy atom. The minimum atomic E-state index is -0.224. The van der Waals surface area contributed by atoms with Gasteiger partial charge in [-0.2, -0.15) is 0 Å². The highest BCUT2D eigenvalue weighted by molar-refractivity contribution is 6.04. The number of anilines is 2. The van der Waals surface area contributed by atoms with E-state index in [1.165, 1.54) is 0 Å². The molecule has 4 N–H and O–H groups in total. The van der Waals surface area contributed by atoms with Crippen LogP contribution >= 0.6 is 0 Å². The summed E-state index contributed by atoms with van der Waals surface area (Å²) >= 11 is 0. The molecule has 0 spiro atoms. The molecule has 39 heavy (non-hydrogen) atoms. The third-order valence-electron chi connectivity index (χ3n) is 6.64. The van der Waals surface area contributed by atoms with Gasteiger partial charge in [0.15, 0.2) is 6.61 Å².